The normalized spacial score (nSPS) is 20.6. The molecule has 1 fully saturated rings. The summed E-state index contributed by atoms with van der Waals surface area (Å²) >= 11 is 0. The number of aliphatic hydroxyl groups is 1. The van der Waals surface area contributed by atoms with Crippen LogP contribution >= 0.6 is 0 Å². The lowest BCUT2D eigenvalue weighted by Gasteiger charge is -2.50. The molecule has 0 aromatic heterocycles. The molecule has 100 valence electrons. The van der Waals surface area contributed by atoms with Gasteiger partial charge in [-0.3, -0.25) is 4.79 Å². The fourth-order valence-corrected chi connectivity index (χ4v) is 2.26. The van der Waals surface area contributed by atoms with Crippen molar-refractivity contribution in [3.8, 4) is 0 Å². The monoisotopic (exact) mass is 242 g/mol. The Bertz CT molecular complexity index is 271. The van der Waals surface area contributed by atoms with E-state index in [9.17, 15) is 9.90 Å². The van der Waals surface area contributed by atoms with Crippen LogP contribution in [0.1, 0.15) is 34.1 Å². The highest BCUT2D eigenvalue weighted by molar-refractivity contribution is 5.80. The van der Waals surface area contributed by atoms with E-state index >= 15 is 0 Å². The first kappa shape index (κ1) is 14.5. The van der Waals surface area contributed by atoms with Crippen LogP contribution in [-0.2, 0) is 4.79 Å². The number of hydrogen-bond donors (Lipinski definition) is 2. The Labute approximate surface area is 104 Å². The van der Waals surface area contributed by atoms with Crippen LogP contribution in [0.25, 0.3) is 0 Å². The van der Waals surface area contributed by atoms with Gasteiger partial charge in [0.15, 0.2) is 0 Å². The zero-order chi connectivity index (χ0) is 13.2. The maximum Gasteiger partial charge on any atom is 0.227 e. The summed E-state index contributed by atoms with van der Waals surface area (Å²) in [6, 6.07) is 0. The molecule has 1 rings (SSSR count). The predicted molar refractivity (Wildman–Crippen MR) is 68.4 cm³/mol. The molecule has 0 aromatic carbocycles. The van der Waals surface area contributed by atoms with E-state index in [0.717, 1.165) is 6.42 Å². The average Bonchev–Trinajstić information content (AvgIpc) is 2.19. The van der Waals surface area contributed by atoms with Crippen LogP contribution in [0.4, 0.5) is 0 Å². The van der Waals surface area contributed by atoms with Gasteiger partial charge in [0.1, 0.15) is 5.60 Å². The van der Waals surface area contributed by atoms with Crippen molar-refractivity contribution in [2.75, 3.05) is 19.6 Å². The van der Waals surface area contributed by atoms with Crippen LogP contribution in [0.2, 0.25) is 0 Å². The van der Waals surface area contributed by atoms with Crippen LogP contribution in [0.5, 0.6) is 0 Å². The fourth-order valence-electron chi connectivity index (χ4n) is 2.26. The smallest absolute Gasteiger partial charge is 0.227 e. The van der Waals surface area contributed by atoms with Gasteiger partial charge in [-0.05, 0) is 18.3 Å². The predicted octanol–water partition coefficient (Wildman–Crippen LogP) is 0.837. The van der Waals surface area contributed by atoms with E-state index in [-0.39, 0.29) is 17.7 Å². The maximum atomic E-state index is 12.1. The van der Waals surface area contributed by atoms with Crippen molar-refractivity contribution < 1.29 is 9.90 Å². The van der Waals surface area contributed by atoms with Gasteiger partial charge in [0, 0.05) is 6.54 Å². The van der Waals surface area contributed by atoms with Gasteiger partial charge in [-0.1, -0.05) is 27.7 Å². The molecule has 1 saturated heterocycles. The number of hydrogen-bond acceptors (Lipinski definition) is 3. The summed E-state index contributed by atoms with van der Waals surface area (Å²) in [4.78, 5) is 13.9. The van der Waals surface area contributed by atoms with Crippen molar-refractivity contribution in [3.63, 3.8) is 0 Å². The van der Waals surface area contributed by atoms with Crippen LogP contribution < -0.4 is 5.73 Å². The molecule has 1 unspecified atom stereocenters. The number of carbonyl (C=O) groups is 1. The number of β-amino-alcohol motifs (C(OH)–C–C–N with tert-alkyl or cyclic N) is 1. The van der Waals surface area contributed by atoms with E-state index in [1.165, 1.54) is 0 Å². The molecular formula is C13H26N2O2. The molecule has 0 saturated carbocycles. The van der Waals surface area contributed by atoms with E-state index in [1.807, 2.05) is 13.8 Å². The zero-order valence-electron chi connectivity index (χ0n) is 11.4. The van der Waals surface area contributed by atoms with Gasteiger partial charge in [-0.25, -0.2) is 0 Å². The number of nitrogens with zero attached hydrogens (tertiary/aromatic N) is 1. The molecule has 1 aliphatic rings. The summed E-state index contributed by atoms with van der Waals surface area (Å²) in [6.45, 7) is 9.46. The molecule has 0 spiro atoms. The van der Waals surface area contributed by atoms with Crippen LogP contribution in [-0.4, -0.2) is 41.1 Å². The number of nitrogens with two attached hydrogens (primary N) is 1. The molecule has 1 heterocycles. The second-order valence-electron chi connectivity index (χ2n) is 6.01. The van der Waals surface area contributed by atoms with Crippen molar-refractivity contribution in [1.82, 2.24) is 4.90 Å². The first-order valence-corrected chi connectivity index (χ1v) is 6.51. The van der Waals surface area contributed by atoms with E-state index in [1.54, 1.807) is 4.90 Å². The summed E-state index contributed by atoms with van der Waals surface area (Å²) < 4.78 is 0. The second kappa shape index (κ2) is 5.36. The molecule has 0 bridgehead atoms. The van der Waals surface area contributed by atoms with Gasteiger partial charge >= 0.3 is 0 Å². The number of carbonyl (C=O) groups excluding carboxylic acids is 1. The number of amides is 1. The summed E-state index contributed by atoms with van der Waals surface area (Å²) in [5, 5.41) is 10.1. The van der Waals surface area contributed by atoms with Gasteiger partial charge in [0.25, 0.3) is 0 Å². The van der Waals surface area contributed by atoms with Crippen molar-refractivity contribution in [2.24, 2.45) is 23.5 Å². The topological polar surface area (TPSA) is 66.6 Å². The lowest BCUT2D eigenvalue weighted by Crippen LogP contribution is -2.67. The zero-order valence-corrected chi connectivity index (χ0v) is 11.4. The standard InChI is InChI=1S/C13H26N2O2/c1-9(2)5-11(6-14)12(16)15-7-13(17,8-15)10(3)4/h9-11,17H,5-8,14H2,1-4H3. The molecule has 4 heteroatoms. The second-order valence-corrected chi connectivity index (χ2v) is 6.01. The molecule has 0 aliphatic carbocycles. The minimum atomic E-state index is -0.688. The lowest BCUT2D eigenvalue weighted by molar-refractivity contribution is -0.167. The molecule has 3 N–H and O–H groups in total. The third-order valence-corrected chi connectivity index (χ3v) is 3.71. The quantitative estimate of drug-likeness (QED) is 0.750. The van der Waals surface area contributed by atoms with Gasteiger partial charge in [0.05, 0.1) is 19.0 Å². The highest BCUT2D eigenvalue weighted by Gasteiger charge is 2.46. The fraction of sp³-hybridized carbons (Fsp3) is 0.923. The Morgan fingerprint density at radius 3 is 2.24 bits per heavy atom. The Kier molecular flexibility index (Phi) is 4.55. The molecule has 4 nitrogen and oxygen atoms in total. The van der Waals surface area contributed by atoms with Crippen molar-refractivity contribution >= 4 is 5.91 Å². The molecule has 17 heavy (non-hydrogen) atoms. The highest BCUT2D eigenvalue weighted by atomic mass is 16.3. The summed E-state index contributed by atoms with van der Waals surface area (Å²) in [6.07, 6.45) is 0.825. The lowest BCUT2D eigenvalue weighted by atomic mass is 9.81. The SMILES string of the molecule is CC(C)CC(CN)C(=O)N1CC(O)(C(C)C)C1. The number of rotatable bonds is 5. The van der Waals surface area contributed by atoms with Gasteiger partial charge in [-0.15, -0.1) is 0 Å². The Morgan fingerprint density at radius 2 is 1.88 bits per heavy atom. The minimum Gasteiger partial charge on any atom is -0.386 e. The largest absolute Gasteiger partial charge is 0.386 e. The first-order chi connectivity index (χ1) is 7.80. The first-order valence-electron chi connectivity index (χ1n) is 6.51. The van der Waals surface area contributed by atoms with Crippen LogP contribution in [0.15, 0.2) is 0 Å². The van der Waals surface area contributed by atoms with Gasteiger partial charge in [-0.2, -0.15) is 0 Å². The maximum absolute atomic E-state index is 12.1. The minimum absolute atomic E-state index is 0.0910. The van der Waals surface area contributed by atoms with E-state index < -0.39 is 5.60 Å². The molecule has 1 atom stereocenters. The van der Waals surface area contributed by atoms with Crippen LogP contribution in [0, 0.1) is 17.8 Å². The summed E-state index contributed by atoms with van der Waals surface area (Å²) in [5.74, 6) is 0.670. The summed E-state index contributed by atoms with van der Waals surface area (Å²) in [7, 11) is 0. The Hall–Kier alpha value is -0.610. The average molecular weight is 242 g/mol. The van der Waals surface area contributed by atoms with Crippen molar-refractivity contribution in [3.05, 3.63) is 0 Å². The summed E-state index contributed by atoms with van der Waals surface area (Å²) in [5.41, 5.74) is 4.97. The van der Waals surface area contributed by atoms with E-state index in [0.29, 0.717) is 25.6 Å². The molecular weight excluding hydrogens is 216 g/mol. The third-order valence-electron chi connectivity index (χ3n) is 3.71. The molecule has 0 radical (unpaired) electrons. The third kappa shape index (κ3) is 3.19. The van der Waals surface area contributed by atoms with Crippen LogP contribution in [0.3, 0.4) is 0 Å². The van der Waals surface area contributed by atoms with Crippen molar-refractivity contribution in [2.45, 2.75) is 39.7 Å². The molecule has 0 aromatic rings. The van der Waals surface area contributed by atoms with E-state index in [4.69, 9.17) is 5.73 Å². The van der Waals surface area contributed by atoms with E-state index in [2.05, 4.69) is 13.8 Å². The van der Waals surface area contributed by atoms with Crippen molar-refractivity contribution in [1.29, 1.82) is 0 Å². The van der Waals surface area contributed by atoms with Gasteiger partial charge in [0.2, 0.25) is 5.91 Å². The Morgan fingerprint density at radius 1 is 1.35 bits per heavy atom. The molecule has 1 amide bonds. The highest BCUT2D eigenvalue weighted by Crippen LogP contribution is 2.30. The Balaban J connectivity index is 2.50. The van der Waals surface area contributed by atoms with Gasteiger partial charge < -0.3 is 15.7 Å². The molecule has 1 aliphatic heterocycles. The number of likely N-dealkylation sites (tertiary alicyclic amines) is 1.